The van der Waals surface area contributed by atoms with Gasteiger partial charge in [-0.1, -0.05) is 49.1 Å². The van der Waals surface area contributed by atoms with Gasteiger partial charge in [-0.05, 0) is 36.4 Å². The van der Waals surface area contributed by atoms with Crippen molar-refractivity contribution in [2.45, 2.75) is 48.4 Å². The molecule has 2 atom stereocenters. The Bertz CT molecular complexity index is 1640. The van der Waals surface area contributed by atoms with E-state index >= 15 is 0 Å². The second-order valence-electron chi connectivity index (χ2n) is 10.0. The highest BCUT2D eigenvalue weighted by molar-refractivity contribution is 8.00. The van der Waals surface area contributed by atoms with Gasteiger partial charge in [0.05, 0.1) is 27.8 Å². The molecule has 0 bridgehead atoms. The van der Waals surface area contributed by atoms with Crippen LogP contribution < -0.4 is 15.1 Å². The van der Waals surface area contributed by atoms with E-state index in [0.717, 1.165) is 62.9 Å². The molecule has 2 aliphatic heterocycles. The molecular formula is C26H19F6N3O4S2. The SMILES string of the molecule is CC1(C)c2sc(=O)n(CC(=O)Nc3cccc(C(F)(F)F)c3)c2S[C@@H]2C(=O)N(c3cccc(C(F)(F)F)c3)C(=O)[C@@H]21. The van der Waals surface area contributed by atoms with Crippen molar-refractivity contribution in [3.63, 3.8) is 0 Å². The third-order valence-electron chi connectivity index (χ3n) is 6.91. The van der Waals surface area contributed by atoms with Crippen molar-refractivity contribution in [3.8, 4) is 0 Å². The molecule has 2 aliphatic rings. The van der Waals surface area contributed by atoms with Crippen LogP contribution in [0.4, 0.5) is 37.7 Å². The van der Waals surface area contributed by atoms with E-state index in [0.29, 0.717) is 10.9 Å². The normalized spacial score (nSPS) is 20.1. The highest BCUT2D eigenvalue weighted by Gasteiger charge is 2.59. The van der Waals surface area contributed by atoms with Gasteiger partial charge in [0, 0.05) is 16.0 Å². The summed E-state index contributed by atoms with van der Waals surface area (Å²) in [6.45, 7) is 2.68. The maximum atomic E-state index is 13.5. The molecule has 3 aromatic rings. The predicted molar refractivity (Wildman–Crippen MR) is 139 cm³/mol. The Morgan fingerprint density at radius 2 is 1.54 bits per heavy atom. The van der Waals surface area contributed by atoms with E-state index in [2.05, 4.69) is 5.32 Å². The molecule has 1 aromatic heterocycles. The number of thiazole rings is 1. The van der Waals surface area contributed by atoms with E-state index in [1.165, 1.54) is 12.1 Å². The van der Waals surface area contributed by atoms with Crippen LogP contribution in [0.1, 0.15) is 29.9 Å². The van der Waals surface area contributed by atoms with Gasteiger partial charge in [-0.3, -0.25) is 23.7 Å². The third kappa shape index (κ3) is 5.05. The molecule has 3 amide bonds. The van der Waals surface area contributed by atoms with E-state index in [9.17, 15) is 45.5 Å². The topological polar surface area (TPSA) is 88.5 Å². The number of aromatic nitrogens is 1. The summed E-state index contributed by atoms with van der Waals surface area (Å²) in [5, 5.41) is 1.47. The number of carbonyl (C=O) groups is 3. The quantitative estimate of drug-likeness (QED) is 0.308. The molecule has 15 heteroatoms. The first-order valence-electron chi connectivity index (χ1n) is 11.9. The molecule has 1 N–H and O–H groups in total. The van der Waals surface area contributed by atoms with Crippen molar-refractivity contribution < 1.29 is 40.7 Å². The average molecular weight is 616 g/mol. The number of benzene rings is 2. The van der Waals surface area contributed by atoms with Gasteiger partial charge >= 0.3 is 17.2 Å². The fourth-order valence-corrected chi connectivity index (χ4v) is 8.00. The Hall–Kier alpha value is -3.59. The minimum atomic E-state index is -4.70. The molecule has 0 spiro atoms. The smallest absolute Gasteiger partial charge is 0.325 e. The number of alkyl halides is 6. The highest BCUT2D eigenvalue weighted by atomic mass is 32.2. The van der Waals surface area contributed by atoms with Crippen LogP contribution in [-0.4, -0.2) is 27.5 Å². The molecule has 2 aromatic carbocycles. The molecule has 216 valence electrons. The first-order chi connectivity index (χ1) is 19.0. The van der Waals surface area contributed by atoms with Crippen molar-refractivity contribution in [1.29, 1.82) is 0 Å². The number of nitrogens with zero attached hydrogens (tertiary/aromatic N) is 2. The molecule has 0 saturated carbocycles. The van der Waals surface area contributed by atoms with E-state index in [-0.39, 0.29) is 16.4 Å². The predicted octanol–water partition coefficient (Wildman–Crippen LogP) is 5.53. The summed E-state index contributed by atoms with van der Waals surface area (Å²) >= 11 is 1.62. The minimum absolute atomic E-state index is 0.136. The Labute approximate surface area is 236 Å². The Morgan fingerprint density at radius 1 is 0.927 bits per heavy atom. The number of fused-ring (bicyclic) bond motifs is 2. The summed E-state index contributed by atoms with van der Waals surface area (Å²) < 4.78 is 80.1. The molecule has 0 radical (unpaired) electrons. The van der Waals surface area contributed by atoms with E-state index in [1.54, 1.807) is 13.8 Å². The molecule has 1 saturated heterocycles. The van der Waals surface area contributed by atoms with Gasteiger partial charge in [0.15, 0.2) is 0 Å². The van der Waals surface area contributed by atoms with Crippen LogP contribution in [0, 0.1) is 5.92 Å². The van der Waals surface area contributed by atoms with Gasteiger partial charge in [-0.15, -0.1) is 0 Å². The van der Waals surface area contributed by atoms with Crippen molar-refractivity contribution in [2.75, 3.05) is 10.2 Å². The van der Waals surface area contributed by atoms with Crippen LogP contribution in [-0.2, 0) is 38.7 Å². The molecule has 3 heterocycles. The third-order valence-corrected chi connectivity index (χ3v) is 9.73. The lowest BCUT2D eigenvalue weighted by Crippen LogP contribution is -2.42. The van der Waals surface area contributed by atoms with E-state index in [4.69, 9.17) is 0 Å². The highest BCUT2D eigenvalue weighted by Crippen LogP contribution is 2.54. The Morgan fingerprint density at radius 3 is 2.17 bits per heavy atom. The van der Waals surface area contributed by atoms with Crippen molar-refractivity contribution >= 4 is 52.2 Å². The summed E-state index contributed by atoms with van der Waals surface area (Å²) in [5.41, 5.74) is -3.48. The number of amides is 3. The number of carbonyl (C=O) groups excluding carboxylic acids is 3. The van der Waals surface area contributed by atoms with Gasteiger partial charge in [-0.2, -0.15) is 26.3 Å². The monoisotopic (exact) mass is 615 g/mol. The van der Waals surface area contributed by atoms with Gasteiger partial charge in [0.1, 0.15) is 11.8 Å². The molecule has 5 rings (SSSR count). The maximum Gasteiger partial charge on any atom is 0.416 e. The Balaban J connectivity index is 1.44. The van der Waals surface area contributed by atoms with Crippen LogP contribution in [0.3, 0.4) is 0 Å². The largest absolute Gasteiger partial charge is 0.416 e. The number of thioether (sulfide) groups is 1. The number of nitrogens with one attached hydrogen (secondary N) is 1. The molecular weight excluding hydrogens is 596 g/mol. The van der Waals surface area contributed by atoms with Crippen molar-refractivity contribution in [2.24, 2.45) is 5.92 Å². The number of hydrogen-bond donors (Lipinski definition) is 1. The second-order valence-corrected chi connectivity index (χ2v) is 12.1. The number of hydrogen-bond acceptors (Lipinski definition) is 6. The van der Waals surface area contributed by atoms with Crippen LogP contribution in [0.25, 0.3) is 0 Å². The molecule has 1 fully saturated rings. The zero-order chi connectivity index (χ0) is 30.1. The number of imide groups is 1. The fourth-order valence-electron chi connectivity index (χ4n) is 4.96. The lowest BCUT2D eigenvalue weighted by atomic mass is 9.76. The zero-order valence-electron chi connectivity index (χ0n) is 21.1. The summed E-state index contributed by atoms with van der Waals surface area (Å²) in [4.78, 5) is 53.2. The van der Waals surface area contributed by atoms with E-state index < -0.39 is 69.2 Å². The number of anilines is 2. The summed E-state index contributed by atoms with van der Waals surface area (Å²) in [6, 6.07) is 7.82. The molecule has 0 aliphatic carbocycles. The van der Waals surface area contributed by atoms with Crippen LogP contribution in [0.2, 0.25) is 0 Å². The standard InChI is InChI=1S/C26H19F6N3O4S2/c1-24(2)17-18(21(38)35(20(17)37)15-8-4-6-13(10-15)26(30,31)32)40-22-19(24)41-23(39)34(22)11-16(36)33-14-7-3-5-12(9-14)25(27,28)29/h3-10,17-18H,11H2,1-2H3,(H,33,36)/t17-,18+/m1/s1. The van der Waals surface area contributed by atoms with Gasteiger partial charge < -0.3 is 5.32 Å². The molecule has 41 heavy (non-hydrogen) atoms. The summed E-state index contributed by atoms with van der Waals surface area (Å²) in [6.07, 6.45) is -9.33. The minimum Gasteiger partial charge on any atom is -0.325 e. The van der Waals surface area contributed by atoms with Crippen LogP contribution in [0.15, 0.2) is 58.4 Å². The zero-order valence-corrected chi connectivity index (χ0v) is 22.7. The second kappa shape index (κ2) is 9.76. The molecule has 0 unspecified atom stereocenters. The van der Waals surface area contributed by atoms with Crippen LogP contribution in [0.5, 0.6) is 0 Å². The lowest BCUT2D eigenvalue weighted by molar-refractivity contribution is -0.138. The average Bonchev–Trinajstić information content (AvgIpc) is 3.32. The fraction of sp³-hybridized carbons (Fsp3) is 0.308. The van der Waals surface area contributed by atoms with Crippen molar-refractivity contribution in [1.82, 2.24) is 4.57 Å². The molecule has 7 nitrogen and oxygen atoms in total. The maximum absolute atomic E-state index is 13.5. The first-order valence-corrected chi connectivity index (χ1v) is 13.6. The van der Waals surface area contributed by atoms with Gasteiger partial charge in [0.2, 0.25) is 17.7 Å². The summed E-state index contributed by atoms with van der Waals surface area (Å²) in [7, 11) is 0. The van der Waals surface area contributed by atoms with Gasteiger partial charge in [0.25, 0.3) is 0 Å². The van der Waals surface area contributed by atoms with Crippen LogP contribution >= 0.6 is 23.1 Å². The van der Waals surface area contributed by atoms with E-state index in [1.807, 2.05) is 0 Å². The number of halogens is 6. The summed E-state index contributed by atoms with van der Waals surface area (Å²) in [5.74, 6) is -3.28. The number of rotatable bonds is 4. The Kier molecular flexibility index (Phi) is 6.88. The van der Waals surface area contributed by atoms with Crippen molar-refractivity contribution in [3.05, 3.63) is 74.2 Å². The van der Waals surface area contributed by atoms with Gasteiger partial charge in [-0.25, -0.2) is 4.90 Å². The first kappa shape index (κ1) is 28.9. The lowest BCUT2D eigenvalue weighted by Gasteiger charge is -2.36.